The zero-order valence-electron chi connectivity index (χ0n) is 73.8. The minimum absolute atomic E-state index is 0.00398. The minimum atomic E-state index is -1.06. The summed E-state index contributed by atoms with van der Waals surface area (Å²) in [6.07, 6.45) is 6.37. The number of urea groups is 1. The number of phenols is 1. The van der Waals surface area contributed by atoms with Gasteiger partial charge in [-0.15, -0.1) is 11.3 Å². The second-order valence-electron chi connectivity index (χ2n) is 31.8. The Kier molecular flexibility index (Phi) is 44.5. The monoisotopic (exact) mass is 1760 g/mol. The maximum Gasteiger partial charge on any atom is 0.426 e. The fourth-order valence-electron chi connectivity index (χ4n) is 13.9. The van der Waals surface area contributed by atoms with Gasteiger partial charge in [-0.05, 0) is 136 Å². The molecule has 3 aromatic heterocycles. The number of anilines is 2. The van der Waals surface area contributed by atoms with Crippen LogP contribution in [0, 0.1) is 23.7 Å². The number of aromatic hydroxyl groups is 1. The second kappa shape index (κ2) is 54.9. The minimum Gasteiger partial charge on any atom is -0.508 e. The molecule has 1 aliphatic rings. The second-order valence-corrected chi connectivity index (χ2v) is 32.7. The molecule has 38 heteroatoms. The quantitative estimate of drug-likeness (QED) is 0.0101. The van der Waals surface area contributed by atoms with E-state index in [2.05, 4.69) is 92.1 Å². The molecule has 1 fully saturated rings. The van der Waals surface area contributed by atoms with Crippen molar-refractivity contribution in [3.8, 4) is 11.6 Å². The number of carbonyl (C=O) groups excluding carboxylic acids is 10. The number of phenolic OH excluding ortho intramolecular Hbond substituents is 1. The Bertz CT molecular complexity index is 4310. The zero-order chi connectivity index (χ0) is 90.6. The van der Waals surface area contributed by atoms with E-state index in [0.29, 0.717) is 93.5 Å². The van der Waals surface area contributed by atoms with E-state index >= 15 is 0 Å². The molecule has 7 rings (SSSR count). The third-order valence-electron chi connectivity index (χ3n) is 21.1. The van der Waals surface area contributed by atoms with Crippen LogP contribution in [0.1, 0.15) is 190 Å². The third kappa shape index (κ3) is 36.0. The molecule has 0 spiro atoms. The number of nitrogen functional groups attached to an aromatic ring is 1. The molecule has 0 bridgehead atoms. The summed E-state index contributed by atoms with van der Waals surface area (Å²) in [4.78, 5) is 158. The highest BCUT2D eigenvalue weighted by atomic mass is 32.1. The van der Waals surface area contributed by atoms with Crippen LogP contribution in [0.4, 0.5) is 21.2 Å². The Morgan fingerprint density at radius 2 is 1.35 bits per heavy atom. The Morgan fingerprint density at radius 1 is 0.672 bits per heavy atom. The summed E-state index contributed by atoms with van der Waals surface area (Å²) in [6, 6.07) is 16.3. The number of likely N-dealkylation sites (tertiary alicyclic amines) is 1. The first-order chi connectivity index (χ1) is 60.1. The van der Waals surface area contributed by atoms with Crippen molar-refractivity contribution in [2.45, 2.75) is 214 Å². The van der Waals surface area contributed by atoms with Crippen LogP contribution in [0.25, 0.3) is 11.2 Å². The number of primary amides is 1. The number of thiazole rings is 1. The Morgan fingerprint density at radius 3 is 2.03 bits per heavy atom. The molecule has 37 nitrogen and oxygen atoms in total. The van der Waals surface area contributed by atoms with Crippen molar-refractivity contribution in [1.29, 1.82) is 0 Å². The molecule has 9 unspecified atom stereocenters. The van der Waals surface area contributed by atoms with Gasteiger partial charge in [0, 0.05) is 81.1 Å². The number of fused-ring (bicyclic) bond motifs is 1. The number of ether oxygens (including phenoxy) is 7. The van der Waals surface area contributed by atoms with E-state index in [9.17, 15) is 53.1 Å². The molecular formula is C87H131N19O18S. The highest BCUT2D eigenvalue weighted by Crippen LogP contribution is 2.33. The lowest BCUT2D eigenvalue weighted by atomic mass is 9.92. The number of likely N-dealkylation sites (N-methyl/N-ethyl adjacent to an activating group) is 1. The van der Waals surface area contributed by atoms with Crippen molar-refractivity contribution >= 4 is 93.5 Å². The van der Waals surface area contributed by atoms with Gasteiger partial charge < -0.3 is 96.8 Å². The Hall–Kier alpha value is -10.7. The van der Waals surface area contributed by atoms with E-state index in [-0.39, 0.29) is 162 Å². The predicted octanol–water partition coefficient (Wildman–Crippen LogP) is 7.25. The number of amides is 11. The normalized spacial score (nSPS) is 14.8. The molecule has 16 N–H and O–H groups in total. The first-order valence-corrected chi connectivity index (χ1v) is 44.2. The Balaban J connectivity index is 0.735. The van der Waals surface area contributed by atoms with Crippen molar-refractivity contribution in [1.82, 2.24) is 82.8 Å². The molecular weight excluding hydrogens is 1630 g/mol. The van der Waals surface area contributed by atoms with Crippen molar-refractivity contribution in [3.63, 3.8) is 0 Å². The summed E-state index contributed by atoms with van der Waals surface area (Å²) in [5, 5.41) is 35.5. The van der Waals surface area contributed by atoms with Gasteiger partial charge in [0.05, 0.1) is 65.3 Å². The van der Waals surface area contributed by atoms with Crippen LogP contribution in [0.15, 0.2) is 84.5 Å². The van der Waals surface area contributed by atoms with Gasteiger partial charge in [0.25, 0.3) is 5.91 Å². The number of aromatic amines is 1. The highest BCUT2D eigenvalue weighted by molar-refractivity contribution is 7.09. The molecule has 125 heavy (non-hydrogen) atoms. The van der Waals surface area contributed by atoms with Crippen molar-refractivity contribution in [3.05, 3.63) is 117 Å². The maximum atomic E-state index is 14.9. The molecule has 11 amide bonds. The number of hydrogen-bond acceptors (Lipinski definition) is 26. The number of hydrogen-bond donors (Lipinski definition) is 14. The van der Waals surface area contributed by atoms with Crippen LogP contribution in [-0.4, -0.2) is 228 Å². The van der Waals surface area contributed by atoms with Crippen LogP contribution in [0.2, 0.25) is 0 Å². The summed E-state index contributed by atoms with van der Waals surface area (Å²) >= 11 is 1.29. The van der Waals surface area contributed by atoms with E-state index in [4.69, 9.17) is 49.6 Å². The molecule has 9 atom stereocenters. The van der Waals surface area contributed by atoms with E-state index in [0.717, 1.165) is 54.5 Å². The molecule has 4 heterocycles. The molecule has 3 aromatic carbocycles. The summed E-state index contributed by atoms with van der Waals surface area (Å²) < 4.78 is 40.1. The van der Waals surface area contributed by atoms with E-state index in [1.165, 1.54) is 17.7 Å². The number of nitrogens with one attached hydrogen (secondary N) is 11. The number of piperidine rings is 1. The standard InChI is InChI=1S/C87H131N19O18S/c1-11-36-106(84(115)74(57(8)13-3)100-80(113)68-19-14-15-37-105(68)10)69(55(4)5)48-70(122-38-12-2)83-98-67(52-125-83)79(112)96-64(47-59-28-32-65(107)33-29-59)46-58(9)77(110)103-104-87(117)123-45-44-120-43-42-119-41-40-118-39-35-90-54-121-50-61-26-30-63(31-27-61)95-78(111)66(18-17-34-91-86(89)116)97-81(114)73(56(6)7)99-72(109)21-16-20-71(108)92-49-60-22-24-62(25-23-60)51-124-82-75-76(94-53-93-75)101-85(88)102-82/h22-33,52-53,55-58,64,66,68-70,73-74,90,107H,11-21,34-51,54H2,1-10H3,(H,92,108)(H,95,111)(H,96,112)(H,97,114)(H,99,109)(H,100,113)(H,103,110)(H,104,117)(H3,89,91,116)(H3,88,93,94,101,102). The predicted molar refractivity (Wildman–Crippen MR) is 471 cm³/mol. The molecule has 1 aliphatic heterocycles. The number of carbonyl (C=O) groups is 10. The SMILES string of the molecule is CCCOC(CC(C(C)C)N(CCC)C(=O)C(NC(=O)C1CCCCN1C)C(C)CC)c1nc(C(=O)NC(Cc2ccc(O)cc2)CC(C)C(=O)NNC(=O)OCCOCCOCCOCCNCOCc2ccc(NC(=O)C(CCCNC(N)=O)NC(=O)C(NC(=O)CCCC(=O)NCc3ccc(COc4nc(N)nc5nc[nH]c45)cc3)C(C)C)cc2)cs1. The largest absolute Gasteiger partial charge is 0.508 e. The van der Waals surface area contributed by atoms with Gasteiger partial charge >= 0.3 is 12.1 Å². The van der Waals surface area contributed by atoms with Crippen molar-refractivity contribution in [2.75, 3.05) is 104 Å². The topological polar surface area (TPSA) is 502 Å². The fraction of sp³-hybridized carbons (Fsp3) is 0.586. The van der Waals surface area contributed by atoms with Crippen LogP contribution >= 0.6 is 11.3 Å². The lowest BCUT2D eigenvalue weighted by Crippen LogP contribution is -2.58. The van der Waals surface area contributed by atoms with Crippen molar-refractivity contribution < 1.29 is 86.2 Å². The van der Waals surface area contributed by atoms with Gasteiger partial charge in [0.2, 0.25) is 53.2 Å². The third-order valence-corrected chi connectivity index (χ3v) is 22.0. The van der Waals surface area contributed by atoms with Crippen molar-refractivity contribution in [2.24, 2.45) is 29.4 Å². The summed E-state index contributed by atoms with van der Waals surface area (Å²) in [5.74, 6) is -3.89. The summed E-state index contributed by atoms with van der Waals surface area (Å²) in [5.41, 5.74) is 20.6. The first kappa shape index (κ1) is 101. The van der Waals surface area contributed by atoms with Gasteiger partial charge in [0.15, 0.2) is 5.65 Å². The number of nitrogens with two attached hydrogens (primary N) is 2. The lowest BCUT2D eigenvalue weighted by Gasteiger charge is -2.40. The average molecular weight is 1760 g/mol. The first-order valence-electron chi connectivity index (χ1n) is 43.3. The molecule has 0 aliphatic carbocycles. The van der Waals surface area contributed by atoms with Crippen LogP contribution in [0.5, 0.6) is 11.6 Å². The molecule has 0 radical (unpaired) electrons. The lowest BCUT2D eigenvalue weighted by molar-refractivity contribution is -0.143. The van der Waals surface area contributed by atoms with Crippen LogP contribution in [-0.2, 0) is 88.2 Å². The smallest absolute Gasteiger partial charge is 0.426 e. The van der Waals surface area contributed by atoms with Crippen LogP contribution < -0.4 is 69.6 Å². The average Bonchev–Trinajstić information content (AvgIpc) is 1.79. The molecule has 688 valence electrons. The van der Waals surface area contributed by atoms with Gasteiger partial charge in [-0.3, -0.25) is 54.0 Å². The zero-order valence-corrected chi connectivity index (χ0v) is 74.6. The number of hydrazine groups is 1. The number of rotatable bonds is 57. The summed E-state index contributed by atoms with van der Waals surface area (Å²) in [7, 11) is 1.96. The molecule has 1 saturated heterocycles. The summed E-state index contributed by atoms with van der Waals surface area (Å²) in [6.45, 7) is 22.2. The fourth-order valence-corrected chi connectivity index (χ4v) is 14.7. The van der Waals surface area contributed by atoms with Gasteiger partial charge in [-0.1, -0.05) is 124 Å². The van der Waals surface area contributed by atoms with Gasteiger partial charge in [-0.2, -0.15) is 9.97 Å². The number of aromatic nitrogens is 5. The Labute approximate surface area is 735 Å². The van der Waals surface area contributed by atoms with Gasteiger partial charge in [0.1, 0.15) is 59.4 Å². The molecule has 0 saturated carbocycles. The number of imidazole rings is 1. The molecule has 6 aromatic rings. The number of nitrogens with zero attached hydrogens (tertiary/aromatic N) is 6. The van der Waals surface area contributed by atoms with E-state index in [1.54, 1.807) is 74.7 Å². The maximum absolute atomic E-state index is 14.9. The van der Waals surface area contributed by atoms with Crippen LogP contribution in [0.3, 0.4) is 0 Å². The van der Waals surface area contributed by atoms with E-state index in [1.807, 2.05) is 63.9 Å². The number of H-pyrrole nitrogens is 1. The van der Waals surface area contributed by atoms with Gasteiger partial charge in [-0.25, -0.2) is 25.0 Å². The van der Waals surface area contributed by atoms with E-state index < -0.39 is 77.8 Å². The highest BCUT2D eigenvalue weighted by Gasteiger charge is 2.39. The number of benzene rings is 3.